The predicted molar refractivity (Wildman–Crippen MR) is 30.3 cm³/mol. The third-order valence-electron chi connectivity index (χ3n) is 0. The third-order valence-corrected chi connectivity index (χ3v) is 0. The average Bonchev–Trinajstić information content (AvgIpc) is 1.12. The van der Waals surface area contributed by atoms with E-state index in [1.54, 1.807) is 0 Å². The van der Waals surface area contributed by atoms with Crippen molar-refractivity contribution in [1.82, 2.24) is 0 Å². The molecule has 0 aromatic heterocycles. The molecule has 78 valence electrons. The van der Waals surface area contributed by atoms with E-state index in [1.165, 1.54) is 0 Å². The second-order valence-electron chi connectivity index (χ2n) is 0.816. The van der Waals surface area contributed by atoms with Crippen LogP contribution in [0.4, 0.5) is 0 Å². The maximum absolute atomic E-state index is 8.52. The van der Waals surface area contributed by atoms with Gasteiger partial charge >= 0.3 is 54.8 Å². The Morgan fingerprint density at radius 2 is 0.692 bits per heavy atom. The van der Waals surface area contributed by atoms with Crippen molar-refractivity contribution >= 4 is 58.5 Å². The van der Waals surface area contributed by atoms with Gasteiger partial charge in [-0.2, -0.15) is 0 Å². The Bertz CT molecular complexity index is 214. The Morgan fingerprint density at radius 1 is 0.692 bits per heavy atom. The molecule has 13 heteroatoms. The Labute approximate surface area is 115 Å². The summed E-state index contributed by atoms with van der Waals surface area (Å²) in [6.45, 7) is 0. The predicted octanol–water partition coefficient (Wildman–Crippen LogP) is -3.88. The molecule has 0 bridgehead atoms. The van der Waals surface area contributed by atoms with E-state index in [1.807, 2.05) is 0 Å². The Morgan fingerprint density at radius 3 is 0.692 bits per heavy atom. The molecule has 0 aromatic carbocycles. The average molecular weight is 306 g/mol. The topological polar surface area (TPSA) is 192 Å². The van der Waals surface area contributed by atoms with Crippen LogP contribution < -0.4 is 0 Å². The van der Waals surface area contributed by atoms with Gasteiger partial charge in [-0.1, -0.05) is 0 Å². The first-order valence-corrected chi connectivity index (χ1v) is 4.00. The molecule has 0 aliphatic heterocycles. The Kier molecular flexibility index (Phi) is 26.0. The van der Waals surface area contributed by atoms with Gasteiger partial charge in [0.1, 0.15) is 0 Å². The van der Waals surface area contributed by atoms with Crippen LogP contribution in [0.5, 0.6) is 0 Å². The molecule has 0 radical (unpaired) electrons. The van der Waals surface area contributed by atoms with E-state index in [2.05, 4.69) is 0 Å². The van der Waals surface area contributed by atoms with Crippen molar-refractivity contribution < 1.29 is 57.6 Å². The van der Waals surface area contributed by atoms with Crippen molar-refractivity contribution in [2.45, 2.75) is 0 Å². The Hall–Kier alpha value is 1.48. The van der Waals surface area contributed by atoms with Crippen LogP contribution in [0.25, 0.3) is 0 Å². The van der Waals surface area contributed by atoms with Crippen molar-refractivity contribution in [1.29, 1.82) is 0 Å². The molecule has 0 aromatic rings. The fourth-order valence-corrected chi connectivity index (χ4v) is 0. The SMILES string of the molecule is O.O=S(=O)([O-])[O-].O=S(=O)([O-])[O-].[Ca+2].[Fe+2]. The zero-order chi connectivity index (χ0) is 9.00. The van der Waals surface area contributed by atoms with Crippen molar-refractivity contribution in [3.8, 4) is 0 Å². The van der Waals surface area contributed by atoms with Gasteiger partial charge in [-0.3, -0.25) is 16.8 Å². The fraction of sp³-hybridized carbons (Fsp3) is 0. The van der Waals surface area contributed by atoms with Gasteiger partial charge in [-0.25, -0.2) is 0 Å². The minimum Gasteiger partial charge on any atom is -0.759 e. The summed E-state index contributed by atoms with van der Waals surface area (Å²) in [7, 11) is -10.3. The summed E-state index contributed by atoms with van der Waals surface area (Å²) in [5.41, 5.74) is 0. The molecule has 13 heavy (non-hydrogen) atoms. The molecule has 0 aliphatic rings. The second-order valence-corrected chi connectivity index (χ2v) is 2.45. The molecule has 0 fully saturated rings. The first-order valence-electron chi connectivity index (χ1n) is 1.33. The molecule has 0 rings (SSSR count). The molecule has 0 spiro atoms. The molecular formula is H2CaFeO9S2. The molecule has 0 atom stereocenters. The van der Waals surface area contributed by atoms with Gasteiger partial charge in [-0.05, 0) is 0 Å². The molecule has 9 nitrogen and oxygen atoms in total. The summed E-state index contributed by atoms with van der Waals surface area (Å²) < 4.78 is 68.2. The largest absolute Gasteiger partial charge is 2.00 e. The van der Waals surface area contributed by atoms with Crippen LogP contribution >= 0.6 is 0 Å². The standard InChI is InChI=1S/Ca.Fe.2H2O4S.H2O/c;;2*1-5(2,3)4;/h;;2*(H2,1,2,3,4);1H2/q2*+2;;;/p-4. The number of hydrogen-bond donors (Lipinski definition) is 0. The molecule has 0 heterocycles. The molecule has 0 amide bonds. The summed E-state index contributed by atoms with van der Waals surface area (Å²) >= 11 is 0. The summed E-state index contributed by atoms with van der Waals surface area (Å²) in [4.78, 5) is 0. The van der Waals surface area contributed by atoms with Crippen LogP contribution in [0, 0.1) is 0 Å². The van der Waals surface area contributed by atoms with Gasteiger partial charge < -0.3 is 23.7 Å². The van der Waals surface area contributed by atoms with Crippen molar-refractivity contribution in [3.05, 3.63) is 0 Å². The molecule has 0 unspecified atom stereocenters. The van der Waals surface area contributed by atoms with Crippen molar-refractivity contribution in [3.63, 3.8) is 0 Å². The summed E-state index contributed by atoms with van der Waals surface area (Å²) in [6, 6.07) is 0. The summed E-state index contributed by atoms with van der Waals surface area (Å²) in [6.07, 6.45) is 0. The first-order chi connectivity index (χ1) is 4.00. The van der Waals surface area contributed by atoms with Crippen LogP contribution in [0.3, 0.4) is 0 Å². The zero-order valence-corrected chi connectivity index (χ0v) is 10.6. The number of hydrogen-bond acceptors (Lipinski definition) is 8. The Balaban J connectivity index is -0.0000000267. The van der Waals surface area contributed by atoms with Gasteiger partial charge in [0, 0.05) is 20.8 Å². The van der Waals surface area contributed by atoms with Crippen LogP contribution in [0.2, 0.25) is 0 Å². The molecule has 0 saturated carbocycles. The summed E-state index contributed by atoms with van der Waals surface area (Å²) in [5, 5.41) is 0. The third kappa shape index (κ3) is 812. The zero-order valence-electron chi connectivity index (χ0n) is 5.64. The van der Waals surface area contributed by atoms with E-state index in [0.29, 0.717) is 0 Å². The maximum atomic E-state index is 8.52. The van der Waals surface area contributed by atoms with Crippen LogP contribution in [0.1, 0.15) is 0 Å². The normalized spacial score (nSPS) is 8.92. The van der Waals surface area contributed by atoms with Gasteiger partial charge in [0.05, 0.1) is 0 Å². The van der Waals surface area contributed by atoms with E-state index in [-0.39, 0.29) is 60.3 Å². The van der Waals surface area contributed by atoms with Gasteiger partial charge in [-0.15, -0.1) is 0 Å². The van der Waals surface area contributed by atoms with E-state index < -0.39 is 20.8 Å². The van der Waals surface area contributed by atoms with Crippen LogP contribution in [-0.4, -0.2) is 78.3 Å². The minimum absolute atomic E-state index is 0. The van der Waals surface area contributed by atoms with Crippen LogP contribution in [0.15, 0.2) is 0 Å². The quantitative estimate of drug-likeness (QED) is 0.246. The number of rotatable bonds is 0. The molecule has 0 saturated heterocycles. The van der Waals surface area contributed by atoms with Crippen molar-refractivity contribution in [2.75, 3.05) is 0 Å². The van der Waals surface area contributed by atoms with E-state index in [4.69, 9.17) is 35.0 Å². The van der Waals surface area contributed by atoms with E-state index in [0.717, 1.165) is 0 Å². The van der Waals surface area contributed by atoms with Gasteiger partial charge in [0.15, 0.2) is 0 Å². The molecule has 0 aliphatic carbocycles. The van der Waals surface area contributed by atoms with E-state index >= 15 is 0 Å². The first kappa shape index (κ1) is 29.3. The maximum Gasteiger partial charge on any atom is 2.00 e. The second kappa shape index (κ2) is 11.6. The molecular weight excluding hydrogens is 304 g/mol. The molecule has 2 N–H and O–H groups in total. The smallest absolute Gasteiger partial charge is 0.759 e. The van der Waals surface area contributed by atoms with Gasteiger partial charge in [0.25, 0.3) is 0 Å². The van der Waals surface area contributed by atoms with Crippen LogP contribution in [-0.2, 0) is 37.9 Å². The van der Waals surface area contributed by atoms with Gasteiger partial charge in [0.2, 0.25) is 0 Å². The van der Waals surface area contributed by atoms with E-state index in [9.17, 15) is 0 Å². The van der Waals surface area contributed by atoms with Crippen molar-refractivity contribution in [2.24, 2.45) is 0 Å². The fourth-order valence-electron chi connectivity index (χ4n) is 0. The summed E-state index contributed by atoms with van der Waals surface area (Å²) in [5.74, 6) is 0. The monoisotopic (exact) mass is 306 g/mol. The minimum atomic E-state index is -5.17.